The standard InChI is InChI=1S/C18H25ClN2/c1-14(2)21-17(13-20-9-5-3-4-6-10-20)12-15-11-16(19)7-8-18(15)21/h7-8,11-12,14H,3-6,9-10,13H2,1-2H3. The summed E-state index contributed by atoms with van der Waals surface area (Å²) in [6.45, 7) is 8.06. The third-order valence-electron chi connectivity index (χ3n) is 4.48. The van der Waals surface area contributed by atoms with Crippen molar-refractivity contribution in [2.45, 2.75) is 52.1 Å². The van der Waals surface area contributed by atoms with E-state index >= 15 is 0 Å². The molecular weight excluding hydrogens is 280 g/mol. The van der Waals surface area contributed by atoms with Gasteiger partial charge in [0.1, 0.15) is 0 Å². The van der Waals surface area contributed by atoms with E-state index in [1.807, 2.05) is 6.07 Å². The number of halogens is 1. The van der Waals surface area contributed by atoms with Gasteiger partial charge < -0.3 is 4.57 Å². The molecule has 0 unspecified atom stereocenters. The summed E-state index contributed by atoms with van der Waals surface area (Å²) in [7, 11) is 0. The third-order valence-corrected chi connectivity index (χ3v) is 4.72. The Morgan fingerprint density at radius 1 is 1.05 bits per heavy atom. The lowest BCUT2D eigenvalue weighted by molar-refractivity contribution is 0.268. The fourth-order valence-electron chi connectivity index (χ4n) is 3.52. The second kappa shape index (κ2) is 6.41. The highest BCUT2D eigenvalue weighted by Crippen LogP contribution is 2.28. The molecule has 0 atom stereocenters. The Bertz CT molecular complexity index is 607. The summed E-state index contributed by atoms with van der Waals surface area (Å²) >= 11 is 6.15. The minimum atomic E-state index is 0.477. The number of fused-ring (bicyclic) bond motifs is 1. The summed E-state index contributed by atoms with van der Waals surface area (Å²) in [6.07, 6.45) is 5.46. The van der Waals surface area contributed by atoms with E-state index in [2.05, 4.69) is 41.5 Å². The van der Waals surface area contributed by atoms with E-state index in [0.29, 0.717) is 6.04 Å². The Kier molecular flexibility index (Phi) is 4.56. The summed E-state index contributed by atoms with van der Waals surface area (Å²) in [5, 5.41) is 2.09. The molecule has 21 heavy (non-hydrogen) atoms. The van der Waals surface area contributed by atoms with Gasteiger partial charge in [0, 0.05) is 34.2 Å². The van der Waals surface area contributed by atoms with Crippen LogP contribution in [0.15, 0.2) is 24.3 Å². The van der Waals surface area contributed by atoms with Crippen molar-refractivity contribution < 1.29 is 0 Å². The van der Waals surface area contributed by atoms with Gasteiger partial charge in [-0.05, 0) is 64.0 Å². The molecule has 3 rings (SSSR count). The summed E-state index contributed by atoms with van der Waals surface area (Å²) in [4.78, 5) is 2.61. The molecule has 1 fully saturated rings. The summed E-state index contributed by atoms with van der Waals surface area (Å²) in [5.74, 6) is 0. The van der Waals surface area contributed by atoms with Gasteiger partial charge in [0.25, 0.3) is 0 Å². The Labute approximate surface area is 132 Å². The molecule has 1 aromatic heterocycles. The highest BCUT2D eigenvalue weighted by Gasteiger charge is 2.16. The molecule has 1 aliphatic rings. The Hall–Kier alpha value is -0.990. The number of likely N-dealkylation sites (tertiary alicyclic amines) is 1. The molecule has 0 spiro atoms. The maximum absolute atomic E-state index is 6.15. The van der Waals surface area contributed by atoms with Crippen LogP contribution in [0.4, 0.5) is 0 Å². The molecule has 1 aromatic carbocycles. The van der Waals surface area contributed by atoms with Gasteiger partial charge in [0.05, 0.1) is 0 Å². The zero-order chi connectivity index (χ0) is 14.8. The van der Waals surface area contributed by atoms with Crippen molar-refractivity contribution in [1.29, 1.82) is 0 Å². The SMILES string of the molecule is CC(C)n1c(CN2CCCCCC2)cc2cc(Cl)ccc21. The van der Waals surface area contributed by atoms with Crippen molar-refractivity contribution in [2.24, 2.45) is 0 Å². The van der Waals surface area contributed by atoms with Crippen LogP contribution in [-0.4, -0.2) is 22.6 Å². The van der Waals surface area contributed by atoms with Crippen LogP contribution in [0.25, 0.3) is 10.9 Å². The highest BCUT2D eigenvalue weighted by molar-refractivity contribution is 6.31. The van der Waals surface area contributed by atoms with Crippen LogP contribution in [0.5, 0.6) is 0 Å². The molecule has 2 nitrogen and oxygen atoms in total. The van der Waals surface area contributed by atoms with Crippen LogP contribution >= 0.6 is 11.6 Å². The fourth-order valence-corrected chi connectivity index (χ4v) is 3.70. The second-order valence-corrected chi connectivity index (χ2v) is 6.93. The first kappa shape index (κ1) is 14.9. The smallest absolute Gasteiger partial charge is 0.0486 e. The minimum absolute atomic E-state index is 0.477. The van der Waals surface area contributed by atoms with Gasteiger partial charge in [-0.2, -0.15) is 0 Å². The van der Waals surface area contributed by atoms with Gasteiger partial charge >= 0.3 is 0 Å². The first-order valence-electron chi connectivity index (χ1n) is 8.17. The molecule has 1 saturated heterocycles. The largest absolute Gasteiger partial charge is 0.341 e. The molecule has 0 aliphatic carbocycles. The number of hydrogen-bond acceptors (Lipinski definition) is 1. The maximum atomic E-state index is 6.15. The number of benzene rings is 1. The van der Waals surface area contributed by atoms with Gasteiger partial charge in [0.2, 0.25) is 0 Å². The van der Waals surface area contributed by atoms with Crippen molar-refractivity contribution in [2.75, 3.05) is 13.1 Å². The summed E-state index contributed by atoms with van der Waals surface area (Å²) in [5.41, 5.74) is 2.73. The van der Waals surface area contributed by atoms with E-state index in [0.717, 1.165) is 11.6 Å². The van der Waals surface area contributed by atoms with E-state index < -0.39 is 0 Å². The van der Waals surface area contributed by atoms with Crippen LogP contribution in [0.2, 0.25) is 5.02 Å². The zero-order valence-corrected chi connectivity index (χ0v) is 13.9. The lowest BCUT2D eigenvalue weighted by Crippen LogP contribution is -2.25. The molecule has 0 radical (unpaired) electrons. The van der Waals surface area contributed by atoms with Crippen LogP contribution in [0.3, 0.4) is 0 Å². The average molecular weight is 305 g/mol. The molecule has 2 heterocycles. The first-order valence-corrected chi connectivity index (χ1v) is 8.54. The van der Waals surface area contributed by atoms with Crippen LogP contribution in [-0.2, 0) is 6.54 Å². The van der Waals surface area contributed by atoms with Crippen LogP contribution in [0, 0.1) is 0 Å². The summed E-state index contributed by atoms with van der Waals surface area (Å²) < 4.78 is 2.47. The normalized spacial score (nSPS) is 17.5. The quantitative estimate of drug-likeness (QED) is 0.751. The van der Waals surface area contributed by atoms with Crippen LogP contribution in [0.1, 0.15) is 51.3 Å². The molecule has 3 heteroatoms. The number of aromatic nitrogens is 1. The maximum Gasteiger partial charge on any atom is 0.0486 e. The van der Waals surface area contributed by atoms with Crippen LogP contribution < -0.4 is 0 Å². The fraction of sp³-hybridized carbons (Fsp3) is 0.556. The number of rotatable bonds is 3. The van der Waals surface area contributed by atoms with E-state index in [9.17, 15) is 0 Å². The van der Waals surface area contributed by atoms with Gasteiger partial charge in [-0.25, -0.2) is 0 Å². The molecular formula is C18H25ClN2. The van der Waals surface area contributed by atoms with E-state index in [4.69, 9.17) is 11.6 Å². The van der Waals surface area contributed by atoms with E-state index in [-0.39, 0.29) is 0 Å². The Morgan fingerprint density at radius 2 is 1.76 bits per heavy atom. The van der Waals surface area contributed by atoms with Crippen molar-refractivity contribution in [3.63, 3.8) is 0 Å². The summed E-state index contributed by atoms with van der Waals surface area (Å²) in [6, 6.07) is 9.04. The molecule has 0 amide bonds. The Balaban J connectivity index is 1.94. The van der Waals surface area contributed by atoms with Crippen molar-refractivity contribution >= 4 is 22.5 Å². The van der Waals surface area contributed by atoms with E-state index in [1.165, 1.54) is 55.4 Å². The van der Waals surface area contributed by atoms with E-state index in [1.54, 1.807) is 0 Å². The minimum Gasteiger partial charge on any atom is -0.341 e. The first-order chi connectivity index (χ1) is 10.1. The van der Waals surface area contributed by atoms with Crippen molar-refractivity contribution in [3.8, 4) is 0 Å². The monoisotopic (exact) mass is 304 g/mol. The van der Waals surface area contributed by atoms with Gasteiger partial charge in [0.15, 0.2) is 0 Å². The third kappa shape index (κ3) is 3.27. The molecule has 0 bridgehead atoms. The number of nitrogens with zero attached hydrogens (tertiary/aromatic N) is 2. The number of hydrogen-bond donors (Lipinski definition) is 0. The zero-order valence-electron chi connectivity index (χ0n) is 13.1. The van der Waals surface area contributed by atoms with Gasteiger partial charge in [-0.15, -0.1) is 0 Å². The molecule has 0 saturated carbocycles. The predicted molar refractivity (Wildman–Crippen MR) is 91.1 cm³/mol. The second-order valence-electron chi connectivity index (χ2n) is 6.49. The molecule has 1 aliphatic heterocycles. The van der Waals surface area contributed by atoms with Gasteiger partial charge in [-0.1, -0.05) is 24.4 Å². The van der Waals surface area contributed by atoms with Gasteiger partial charge in [-0.3, -0.25) is 4.90 Å². The molecule has 0 N–H and O–H groups in total. The predicted octanol–water partition coefficient (Wildman–Crippen LogP) is 5.25. The lowest BCUT2D eigenvalue weighted by atomic mass is 10.2. The van der Waals surface area contributed by atoms with Crippen molar-refractivity contribution in [1.82, 2.24) is 9.47 Å². The highest BCUT2D eigenvalue weighted by atomic mass is 35.5. The molecule has 2 aromatic rings. The average Bonchev–Trinajstić information content (AvgIpc) is 2.60. The van der Waals surface area contributed by atoms with Crippen molar-refractivity contribution in [3.05, 3.63) is 35.0 Å². The topological polar surface area (TPSA) is 8.17 Å². The lowest BCUT2D eigenvalue weighted by Gasteiger charge is -2.22. The molecule has 114 valence electrons. The Morgan fingerprint density at radius 3 is 2.43 bits per heavy atom.